The van der Waals surface area contributed by atoms with Crippen LogP contribution < -0.4 is 10.6 Å². The molecule has 0 aromatic heterocycles. The molecule has 1 aliphatic rings. The normalized spacial score (nSPS) is 19.7. The number of piperidine rings is 1. The van der Waals surface area contributed by atoms with Crippen molar-refractivity contribution in [3.8, 4) is 0 Å². The van der Waals surface area contributed by atoms with Gasteiger partial charge in [-0.1, -0.05) is 13.8 Å². The number of carbonyl (C=O) groups is 1. The third-order valence-electron chi connectivity index (χ3n) is 3.66. The van der Waals surface area contributed by atoms with Gasteiger partial charge in [0.2, 0.25) is 0 Å². The molecule has 1 amide bonds. The Hall–Kier alpha value is -1.46. The zero-order valence-corrected chi connectivity index (χ0v) is 15.6. The van der Waals surface area contributed by atoms with Crippen LogP contribution in [0.4, 0.5) is 4.79 Å². The SMILES string of the molecule is CN=C(NCC(C)C)NCC1CCCCN1C(=O)OC(C)(C)C. The lowest BCUT2D eigenvalue weighted by Crippen LogP contribution is -2.52. The van der Waals surface area contributed by atoms with Gasteiger partial charge in [0.1, 0.15) is 5.60 Å². The summed E-state index contributed by atoms with van der Waals surface area (Å²) in [6.45, 7) is 12.4. The highest BCUT2D eigenvalue weighted by Crippen LogP contribution is 2.20. The van der Waals surface area contributed by atoms with Gasteiger partial charge >= 0.3 is 6.09 Å². The Labute approximate surface area is 141 Å². The number of nitrogens with zero attached hydrogens (tertiary/aromatic N) is 2. The van der Waals surface area contributed by atoms with Crippen molar-refractivity contribution in [2.24, 2.45) is 10.9 Å². The molecule has 1 rings (SSSR count). The second-order valence-corrected chi connectivity index (χ2v) is 7.55. The van der Waals surface area contributed by atoms with Crippen LogP contribution >= 0.6 is 0 Å². The van der Waals surface area contributed by atoms with Crippen LogP contribution in [0.25, 0.3) is 0 Å². The number of aliphatic imine (C=N–C) groups is 1. The molecule has 1 atom stereocenters. The van der Waals surface area contributed by atoms with Gasteiger partial charge in [-0.3, -0.25) is 4.99 Å². The van der Waals surface area contributed by atoms with Gasteiger partial charge in [-0.2, -0.15) is 0 Å². The topological polar surface area (TPSA) is 66.0 Å². The Bertz CT molecular complexity index is 402. The largest absolute Gasteiger partial charge is 0.444 e. The van der Waals surface area contributed by atoms with Crippen molar-refractivity contribution in [2.75, 3.05) is 26.7 Å². The van der Waals surface area contributed by atoms with Crippen LogP contribution in [0.5, 0.6) is 0 Å². The summed E-state index contributed by atoms with van der Waals surface area (Å²) in [5.41, 5.74) is -0.457. The summed E-state index contributed by atoms with van der Waals surface area (Å²) < 4.78 is 5.53. The smallest absolute Gasteiger partial charge is 0.410 e. The minimum atomic E-state index is -0.457. The summed E-state index contributed by atoms with van der Waals surface area (Å²) in [5.74, 6) is 1.34. The van der Waals surface area contributed by atoms with E-state index in [2.05, 4.69) is 29.5 Å². The lowest BCUT2D eigenvalue weighted by Gasteiger charge is -2.37. The van der Waals surface area contributed by atoms with Crippen molar-refractivity contribution in [1.82, 2.24) is 15.5 Å². The van der Waals surface area contributed by atoms with Gasteiger partial charge in [0.15, 0.2) is 5.96 Å². The molecule has 1 saturated heterocycles. The summed E-state index contributed by atoms with van der Waals surface area (Å²) in [6.07, 6.45) is 2.96. The van der Waals surface area contributed by atoms with E-state index in [1.807, 2.05) is 25.7 Å². The summed E-state index contributed by atoms with van der Waals surface area (Å²) >= 11 is 0. The molecule has 1 heterocycles. The number of amides is 1. The molecule has 0 saturated carbocycles. The van der Waals surface area contributed by atoms with Gasteiger partial charge in [0.25, 0.3) is 0 Å². The molecule has 1 fully saturated rings. The number of carbonyl (C=O) groups excluding carboxylic acids is 1. The van der Waals surface area contributed by atoms with E-state index in [1.165, 1.54) is 0 Å². The zero-order chi connectivity index (χ0) is 17.5. The van der Waals surface area contributed by atoms with Crippen LogP contribution in [-0.2, 0) is 4.74 Å². The van der Waals surface area contributed by atoms with E-state index >= 15 is 0 Å². The quantitative estimate of drug-likeness (QED) is 0.615. The highest BCUT2D eigenvalue weighted by Gasteiger charge is 2.30. The molecule has 1 unspecified atom stereocenters. The van der Waals surface area contributed by atoms with Crippen molar-refractivity contribution < 1.29 is 9.53 Å². The van der Waals surface area contributed by atoms with Gasteiger partial charge in [-0.15, -0.1) is 0 Å². The van der Waals surface area contributed by atoms with Crippen LogP contribution in [0, 0.1) is 5.92 Å². The lowest BCUT2D eigenvalue weighted by atomic mass is 10.0. The Morgan fingerprint density at radius 1 is 1.30 bits per heavy atom. The number of likely N-dealkylation sites (tertiary alicyclic amines) is 1. The highest BCUT2D eigenvalue weighted by molar-refractivity contribution is 5.79. The van der Waals surface area contributed by atoms with Gasteiger partial charge < -0.3 is 20.3 Å². The van der Waals surface area contributed by atoms with Crippen molar-refractivity contribution in [1.29, 1.82) is 0 Å². The summed E-state index contributed by atoms with van der Waals surface area (Å²) in [4.78, 5) is 18.5. The number of ether oxygens (including phenoxy) is 1. The van der Waals surface area contributed by atoms with Crippen molar-refractivity contribution in [3.05, 3.63) is 0 Å². The fourth-order valence-electron chi connectivity index (χ4n) is 2.51. The van der Waals surface area contributed by atoms with Crippen molar-refractivity contribution in [2.45, 2.75) is 65.5 Å². The van der Waals surface area contributed by atoms with E-state index in [4.69, 9.17) is 4.74 Å². The molecular weight excluding hydrogens is 292 g/mol. The molecule has 1 aliphatic heterocycles. The molecule has 0 aromatic rings. The van der Waals surface area contributed by atoms with E-state index < -0.39 is 5.60 Å². The Kier molecular flexibility index (Phi) is 7.65. The van der Waals surface area contributed by atoms with E-state index in [0.717, 1.165) is 38.3 Å². The van der Waals surface area contributed by atoms with Crippen LogP contribution in [0.2, 0.25) is 0 Å². The average Bonchev–Trinajstić information content (AvgIpc) is 2.45. The Morgan fingerprint density at radius 3 is 2.57 bits per heavy atom. The second-order valence-electron chi connectivity index (χ2n) is 7.55. The maximum atomic E-state index is 12.4. The highest BCUT2D eigenvalue weighted by atomic mass is 16.6. The standard InChI is InChI=1S/C17H34N4O2/c1-13(2)11-19-15(18-6)20-12-14-9-7-8-10-21(14)16(22)23-17(3,4)5/h13-14H,7-12H2,1-6H3,(H2,18,19,20). The first kappa shape index (κ1) is 19.6. The lowest BCUT2D eigenvalue weighted by molar-refractivity contribution is 0.0104. The van der Waals surface area contributed by atoms with Crippen molar-refractivity contribution in [3.63, 3.8) is 0 Å². The molecule has 0 bridgehead atoms. The molecule has 23 heavy (non-hydrogen) atoms. The minimum absolute atomic E-state index is 0.149. The average molecular weight is 326 g/mol. The number of guanidine groups is 1. The molecule has 6 nitrogen and oxygen atoms in total. The molecule has 0 aliphatic carbocycles. The van der Waals surface area contributed by atoms with E-state index in [-0.39, 0.29) is 12.1 Å². The molecular formula is C17H34N4O2. The second kappa shape index (κ2) is 8.99. The van der Waals surface area contributed by atoms with Crippen LogP contribution in [0.1, 0.15) is 53.9 Å². The van der Waals surface area contributed by atoms with Gasteiger partial charge in [0, 0.05) is 26.7 Å². The van der Waals surface area contributed by atoms with E-state index in [0.29, 0.717) is 12.5 Å². The molecule has 0 radical (unpaired) electrons. The summed E-state index contributed by atoms with van der Waals surface area (Å²) in [7, 11) is 1.77. The first-order valence-electron chi connectivity index (χ1n) is 8.67. The van der Waals surface area contributed by atoms with Crippen LogP contribution in [0.3, 0.4) is 0 Å². The fraction of sp³-hybridized carbons (Fsp3) is 0.882. The molecule has 6 heteroatoms. The minimum Gasteiger partial charge on any atom is -0.444 e. The number of hydrogen-bond donors (Lipinski definition) is 2. The Balaban J connectivity index is 2.56. The predicted octanol–water partition coefficient (Wildman–Crippen LogP) is 2.60. The maximum Gasteiger partial charge on any atom is 0.410 e. The third kappa shape index (κ3) is 7.57. The number of rotatable bonds is 4. The van der Waals surface area contributed by atoms with E-state index in [9.17, 15) is 4.79 Å². The first-order valence-corrected chi connectivity index (χ1v) is 8.67. The van der Waals surface area contributed by atoms with Gasteiger partial charge in [-0.25, -0.2) is 4.79 Å². The maximum absolute atomic E-state index is 12.4. The predicted molar refractivity (Wildman–Crippen MR) is 94.8 cm³/mol. The number of nitrogens with one attached hydrogen (secondary N) is 2. The monoisotopic (exact) mass is 326 g/mol. The zero-order valence-electron chi connectivity index (χ0n) is 15.6. The molecule has 0 aromatic carbocycles. The van der Waals surface area contributed by atoms with Crippen molar-refractivity contribution >= 4 is 12.1 Å². The molecule has 2 N–H and O–H groups in total. The summed E-state index contributed by atoms with van der Waals surface area (Å²) in [5, 5.41) is 6.63. The van der Waals surface area contributed by atoms with Crippen LogP contribution in [-0.4, -0.2) is 55.3 Å². The third-order valence-corrected chi connectivity index (χ3v) is 3.66. The van der Waals surface area contributed by atoms with E-state index in [1.54, 1.807) is 7.05 Å². The van der Waals surface area contributed by atoms with Gasteiger partial charge in [-0.05, 0) is 46.0 Å². The fourth-order valence-corrected chi connectivity index (χ4v) is 2.51. The molecule has 134 valence electrons. The number of hydrogen-bond acceptors (Lipinski definition) is 3. The van der Waals surface area contributed by atoms with Gasteiger partial charge in [0.05, 0.1) is 6.04 Å². The Morgan fingerprint density at radius 2 is 2.00 bits per heavy atom. The molecule has 0 spiro atoms. The first-order chi connectivity index (χ1) is 10.7. The summed E-state index contributed by atoms with van der Waals surface area (Å²) in [6, 6.07) is 0.149. The van der Waals surface area contributed by atoms with Crippen LogP contribution in [0.15, 0.2) is 4.99 Å².